The first kappa shape index (κ1) is 23.1. The maximum absolute atomic E-state index is 12.4. The van der Waals surface area contributed by atoms with Gasteiger partial charge in [-0.2, -0.15) is 4.31 Å². The van der Waals surface area contributed by atoms with Crippen LogP contribution in [0.5, 0.6) is 0 Å². The summed E-state index contributed by atoms with van der Waals surface area (Å²) in [6.07, 6.45) is 0. The lowest BCUT2D eigenvalue weighted by atomic mass is 10.3. The summed E-state index contributed by atoms with van der Waals surface area (Å²) in [6, 6.07) is 5.93. The number of anilines is 1. The molecule has 0 fully saturated rings. The zero-order valence-electron chi connectivity index (χ0n) is 16.7. The summed E-state index contributed by atoms with van der Waals surface area (Å²) >= 11 is 0. The predicted molar refractivity (Wildman–Crippen MR) is 105 cm³/mol. The van der Waals surface area contributed by atoms with Crippen molar-refractivity contribution in [2.24, 2.45) is 0 Å². The molecule has 0 heterocycles. The van der Waals surface area contributed by atoms with E-state index in [0.717, 1.165) is 4.90 Å². The molecular formula is C18H31N4O4S+. The van der Waals surface area contributed by atoms with Gasteiger partial charge in [-0.05, 0) is 52.0 Å². The third kappa shape index (κ3) is 6.93. The number of likely N-dealkylation sites (N-methyl/N-ethyl adjacent to an activating group) is 2. The van der Waals surface area contributed by atoms with Crippen molar-refractivity contribution in [2.75, 3.05) is 38.5 Å². The van der Waals surface area contributed by atoms with E-state index in [1.165, 1.54) is 23.5 Å². The Balaban J connectivity index is 2.72. The molecule has 0 aromatic heterocycles. The normalized spacial score (nSPS) is 12.9. The predicted octanol–water partition coefficient (Wildman–Crippen LogP) is -0.305. The fraction of sp³-hybridized carbons (Fsp3) is 0.556. The number of rotatable bonds is 10. The molecule has 0 saturated carbocycles. The van der Waals surface area contributed by atoms with E-state index in [0.29, 0.717) is 18.8 Å². The molecule has 152 valence electrons. The average molecular weight is 400 g/mol. The van der Waals surface area contributed by atoms with Gasteiger partial charge < -0.3 is 15.5 Å². The van der Waals surface area contributed by atoms with E-state index in [4.69, 9.17) is 0 Å². The molecule has 9 heteroatoms. The van der Waals surface area contributed by atoms with Gasteiger partial charge in [-0.15, -0.1) is 0 Å². The van der Waals surface area contributed by atoms with Gasteiger partial charge in [0.25, 0.3) is 11.8 Å². The number of sulfonamides is 1. The average Bonchev–Trinajstić information content (AvgIpc) is 2.60. The van der Waals surface area contributed by atoms with Crippen LogP contribution in [0.2, 0.25) is 0 Å². The molecule has 1 unspecified atom stereocenters. The van der Waals surface area contributed by atoms with Crippen LogP contribution in [0.1, 0.15) is 27.7 Å². The van der Waals surface area contributed by atoms with Crippen LogP contribution in [0.15, 0.2) is 29.2 Å². The van der Waals surface area contributed by atoms with Crippen LogP contribution in [0.3, 0.4) is 0 Å². The van der Waals surface area contributed by atoms with E-state index < -0.39 is 10.0 Å². The van der Waals surface area contributed by atoms with Gasteiger partial charge >= 0.3 is 0 Å². The van der Waals surface area contributed by atoms with Crippen LogP contribution < -0.4 is 15.5 Å². The standard InChI is InChI=1S/C18H30N4O4S/c1-6-19-17(23)12-22(7-2)13-18(24)20-15-8-10-16(11-9-15)27(25,26)21(5)14(3)4/h8-11,14H,6-7,12-13H2,1-5H3,(H,19,23)(H,20,24)/p+1. The van der Waals surface area contributed by atoms with E-state index in [-0.39, 0.29) is 35.8 Å². The van der Waals surface area contributed by atoms with Crippen molar-refractivity contribution >= 4 is 27.5 Å². The van der Waals surface area contributed by atoms with Gasteiger partial charge in [0.05, 0.1) is 11.4 Å². The van der Waals surface area contributed by atoms with Crippen molar-refractivity contribution in [3.05, 3.63) is 24.3 Å². The van der Waals surface area contributed by atoms with Gasteiger partial charge in [0.15, 0.2) is 13.1 Å². The molecule has 27 heavy (non-hydrogen) atoms. The highest BCUT2D eigenvalue weighted by atomic mass is 32.2. The van der Waals surface area contributed by atoms with Gasteiger partial charge in [-0.3, -0.25) is 9.59 Å². The first-order valence-electron chi connectivity index (χ1n) is 9.10. The summed E-state index contributed by atoms with van der Waals surface area (Å²) < 4.78 is 26.2. The Morgan fingerprint density at radius 2 is 1.63 bits per heavy atom. The lowest BCUT2D eigenvalue weighted by molar-refractivity contribution is -0.881. The van der Waals surface area contributed by atoms with E-state index in [2.05, 4.69) is 10.6 Å². The maximum atomic E-state index is 12.4. The Morgan fingerprint density at radius 1 is 1.07 bits per heavy atom. The number of hydrogen-bond acceptors (Lipinski definition) is 4. The molecule has 0 spiro atoms. The largest absolute Gasteiger partial charge is 0.351 e. The molecule has 0 aliphatic rings. The zero-order chi connectivity index (χ0) is 20.6. The minimum atomic E-state index is -3.55. The van der Waals surface area contributed by atoms with E-state index in [1.807, 2.05) is 13.8 Å². The number of amides is 2. The molecule has 8 nitrogen and oxygen atoms in total. The molecule has 0 radical (unpaired) electrons. The number of quaternary nitrogens is 1. The number of carbonyl (C=O) groups is 2. The maximum Gasteiger partial charge on any atom is 0.279 e. The van der Waals surface area contributed by atoms with Gasteiger partial charge in [0, 0.05) is 25.3 Å². The quantitative estimate of drug-likeness (QED) is 0.503. The van der Waals surface area contributed by atoms with E-state index >= 15 is 0 Å². The third-order valence-corrected chi connectivity index (χ3v) is 6.29. The van der Waals surface area contributed by atoms with Crippen LogP contribution >= 0.6 is 0 Å². The second-order valence-corrected chi connectivity index (χ2v) is 8.60. The molecule has 0 aliphatic carbocycles. The molecule has 1 atom stereocenters. The molecule has 1 aromatic carbocycles. The molecule has 2 amide bonds. The lowest BCUT2D eigenvalue weighted by Crippen LogP contribution is -3.14. The lowest BCUT2D eigenvalue weighted by Gasteiger charge is -2.21. The zero-order valence-corrected chi connectivity index (χ0v) is 17.5. The molecule has 0 saturated heterocycles. The van der Waals surface area contributed by atoms with Gasteiger partial charge in [0.1, 0.15) is 0 Å². The highest BCUT2D eigenvalue weighted by Gasteiger charge is 2.23. The number of nitrogens with zero attached hydrogens (tertiary/aromatic N) is 1. The van der Waals surface area contributed by atoms with Gasteiger partial charge in [-0.25, -0.2) is 8.42 Å². The van der Waals surface area contributed by atoms with Crippen LogP contribution in [0.25, 0.3) is 0 Å². The first-order chi connectivity index (χ1) is 12.6. The Labute approximate surface area is 162 Å². The Morgan fingerprint density at radius 3 is 2.11 bits per heavy atom. The van der Waals surface area contributed by atoms with E-state index in [1.54, 1.807) is 26.0 Å². The highest BCUT2D eigenvalue weighted by Crippen LogP contribution is 2.18. The second kappa shape index (κ2) is 10.4. The van der Waals surface area contributed by atoms with Gasteiger partial charge in [-0.1, -0.05) is 0 Å². The summed E-state index contributed by atoms with van der Waals surface area (Å²) in [7, 11) is -2.02. The molecule has 0 bridgehead atoms. The van der Waals surface area contributed by atoms with Crippen molar-refractivity contribution < 1.29 is 22.9 Å². The number of hydrogen-bond donors (Lipinski definition) is 3. The van der Waals surface area contributed by atoms with Crippen LogP contribution in [-0.4, -0.2) is 63.8 Å². The van der Waals surface area contributed by atoms with Crippen molar-refractivity contribution in [1.82, 2.24) is 9.62 Å². The third-order valence-electron chi connectivity index (χ3n) is 4.24. The van der Waals surface area contributed by atoms with Gasteiger partial charge in [0.2, 0.25) is 10.0 Å². The minimum absolute atomic E-state index is 0.0917. The molecule has 1 aromatic rings. The molecule has 1 rings (SSSR count). The Hall–Kier alpha value is -1.97. The second-order valence-electron chi connectivity index (χ2n) is 6.60. The smallest absolute Gasteiger partial charge is 0.279 e. The van der Waals surface area contributed by atoms with Crippen LogP contribution in [0.4, 0.5) is 5.69 Å². The van der Waals surface area contributed by atoms with Crippen molar-refractivity contribution in [2.45, 2.75) is 38.6 Å². The summed E-state index contributed by atoms with van der Waals surface area (Å²) in [5.74, 6) is -0.322. The number of carbonyl (C=O) groups excluding carboxylic acids is 2. The van der Waals surface area contributed by atoms with Crippen molar-refractivity contribution in [1.29, 1.82) is 0 Å². The number of nitrogens with one attached hydrogen (secondary N) is 3. The number of benzene rings is 1. The van der Waals surface area contributed by atoms with E-state index in [9.17, 15) is 18.0 Å². The molecule has 0 aliphatic heterocycles. The Kier molecular flexibility index (Phi) is 8.87. The Bertz CT molecular complexity index is 732. The van der Waals surface area contributed by atoms with Crippen LogP contribution in [-0.2, 0) is 19.6 Å². The summed E-state index contributed by atoms with van der Waals surface area (Å²) in [6.45, 7) is 8.95. The topological polar surface area (TPSA) is 100 Å². The van der Waals surface area contributed by atoms with Crippen molar-refractivity contribution in [3.63, 3.8) is 0 Å². The monoisotopic (exact) mass is 399 g/mol. The SMILES string of the molecule is CCNC(=O)C[NH+](CC)CC(=O)Nc1ccc(S(=O)(=O)N(C)C(C)C)cc1. The summed E-state index contributed by atoms with van der Waals surface area (Å²) in [4.78, 5) is 24.9. The highest BCUT2D eigenvalue weighted by molar-refractivity contribution is 7.89. The molecule has 3 N–H and O–H groups in total. The fourth-order valence-electron chi connectivity index (χ4n) is 2.39. The first-order valence-corrected chi connectivity index (χ1v) is 10.5. The van der Waals surface area contributed by atoms with Crippen molar-refractivity contribution in [3.8, 4) is 0 Å². The fourth-order valence-corrected chi connectivity index (χ4v) is 3.75. The summed E-state index contributed by atoms with van der Waals surface area (Å²) in [5.41, 5.74) is 0.514. The molecular weight excluding hydrogens is 368 g/mol. The minimum Gasteiger partial charge on any atom is -0.351 e. The summed E-state index contributed by atoms with van der Waals surface area (Å²) in [5, 5.41) is 5.46. The van der Waals surface area contributed by atoms with Crippen LogP contribution in [0, 0.1) is 0 Å².